The summed E-state index contributed by atoms with van der Waals surface area (Å²) in [6.07, 6.45) is -3.83. The zero-order valence-corrected chi connectivity index (χ0v) is 11.0. The second kappa shape index (κ2) is 5.16. The summed E-state index contributed by atoms with van der Waals surface area (Å²) >= 11 is 5.69. The maximum Gasteiger partial charge on any atom is 0.434 e. The predicted molar refractivity (Wildman–Crippen MR) is 67.0 cm³/mol. The van der Waals surface area contributed by atoms with Gasteiger partial charge in [-0.15, -0.1) is 0 Å². The molecule has 0 atom stereocenters. The van der Waals surface area contributed by atoms with Crippen molar-refractivity contribution in [3.8, 4) is 5.69 Å². The molecule has 1 aromatic carbocycles. The first-order valence-corrected chi connectivity index (χ1v) is 5.85. The first kappa shape index (κ1) is 14.4. The number of carbonyl (C=O) groups is 1. The van der Waals surface area contributed by atoms with Gasteiger partial charge in [0.05, 0.1) is 17.4 Å². The van der Waals surface area contributed by atoms with Gasteiger partial charge in [-0.3, -0.25) is 4.79 Å². The number of nitrogens with one attached hydrogen (secondary N) is 1. The summed E-state index contributed by atoms with van der Waals surface area (Å²) in [6, 6.07) is 5.66. The Kier molecular flexibility index (Phi) is 3.71. The van der Waals surface area contributed by atoms with Gasteiger partial charge in [0.2, 0.25) is 0 Å². The van der Waals surface area contributed by atoms with Gasteiger partial charge in [0, 0.05) is 12.1 Å². The molecule has 0 spiro atoms. The van der Waals surface area contributed by atoms with Gasteiger partial charge in [0.1, 0.15) is 0 Å². The van der Waals surface area contributed by atoms with Crippen molar-refractivity contribution in [1.82, 2.24) is 15.1 Å². The van der Waals surface area contributed by atoms with Gasteiger partial charge in [-0.2, -0.15) is 18.3 Å². The molecule has 1 heterocycles. The molecule has 0 bridgehead atoms. The van der Waals surface area contributed by atoms with Crippen LogP contribution in [0.4, 0.5) is 13.2 Å². The van der Waals surface area contributed by atoms with E-state index in [9.17, 15) is 18.0 Å². The fourth-order valence-electron chi connectivity index (χ4n) is 1.70. The van der Waals surface area contributed by atoms with E-state index in [1.807, 2.05) is 0 Å². The molecule has 1 aromatic heterocycles. The van der Waals surface area contributed by atoms with Gasteiger partial charge in [-0.1, -0.05) is 11.6 Å². The molecular formula is C12H9ClF3N3O. The topological polar surface area (TPSA) is 46.9 Å². The monoisotopic (exact) mass is 303 g/mol. The third kappa shape index (κ3) is 2.62. The Bertz CT molecular complexity index is 634. The van der Waals surface area contributed by atoms with E-state index >= 15 is 0 Å². The Morgan fingerprint density at radius 2 is 1.90 bits per heavy atom. The highest BCUT2D eigenvalue weighted by atomic mass is 35.5. The molecule has 2 aromatic rings. The summed E-state index contributed by atoms with van der Waals surface area (Å²) in [5, 5.41) is 6.19. The molecular weight excluding hydrogens is 295 g/mol. The summed E-state index contributed by atoms with van der Waals surface area (Å²) in [6.45, 7) is 0. The number of hydrogen-bond acceptors (Lipinski definition) is 2. The Balaban J connectivity index is 2.62. The fraction of sp³-hybridized carbons (Fsp3) is 0.167. The van der Waals surface area contributed by atoms with Crippen molar-refractivity contribution >= 4 is 17.5 Å². The van der Waals surface area contributed by atoms with Gasteiger partial charge in [0.25, 0.3) is 5.91 Å². The first-order chi connectivity index (χ1) is 9.34. The number of benzene rings is 1. The minimum atomic E-state index is -4.71. The summed E-state index contributed by atoms with van der Waals surface area (Å²) in [5.74, 6) is -0.850. The molecule has 8 heteroatoms. The van der Waals surface area contributed by atoms with Gasteiger partial charge in [-0.25, -0.2) is 4.68 Å². The summed E-state index contributed by atoms with van der Waals surface area (Å²) in [7, 11) is 1.25. The lowest BCUT2D eigenvalue weighted by molar-refractivity contribution is -0.143. The highest BCUT2D eigenvalue weighted by molar-refractivity contribution is 6.30. The fourth-order valence-corrected chi connectivity index (χ4v) is 1.83. The molecule has 0 aliphatic carbocycles. The van der Waals surface area contributed by atoms with Gasteiger partial charge in [0.15, 0.2) is 5.69 Å². The number of rotatable bonds is 2. The molecule has 1 amide bonds. The minimum absolute atomic E-state index is 0.164. The van der Waals surface area contributed by atoms with Crippen LogP contribution in [0.25, 0.3) is 5.69 Å². The van der Waals surface area contributed by atoms with Crippen molar-refractivity contribution in [3.63, 3.8) is 0 Å². The molecule has 0 unspecified atom stereocenters. The van der Waals surface area contributed by atoms with E-state index < -0.39 is 23.3 Å². The number of hydrogen-bond donors (Lipinski definition) is 1. The quantitative estimate of drug-likeness (QED) is 0.927. The third-order valence-electron chi connectivity index (χ3n) is 2.58. The molecule has 2 rings (SSSR count). The SMILES string of the molecule is CNC(=O)c1cnn(-c2ccc(Cl)cc2)c1C(F)(F)F. The number of nitrogens with zero attached hydrogens (tertiary/aromatic N) is 2. The smallest absolute Gasteiger partial charge is 0.355 e. The van der Waals surface area contributed by atoms with Crippen molar-refractivity contribution in [3.05, 3.63) is 46.7 Å². The van der Waals surface area contributed by atoms with E-state index in [0.717, 1.165) is 6.20 Å². The predicted octanol–water partition coefficient (Wildman–Crippen LogP) is 2.90. The lowest BCUT2D eigenvalue weighted by Gasteiger charge is -2.12. The number of halogens is 4. The van der Waals surface area contributed by atoms with Gasteiger partial charge < -0.3 is 5.32 Å². The molecule has 20 heavy (non-hydrogen) atoms. The van der Waals surface area contributed by atoms with E-state index in [2.05, 4.69) is 10.4 Å². The molecule has 0 aliphatic rings. The summed E-state index contributed by atoms with van der Waals surface area (Å²) in [4.78, 5) is 11.5. The van der Waals surface area contributed by atoms with Crippen molar-refractivity contribution in [2.75, 3.05) is 7.05 Å². The normalized spacial score (nSPS) is 11.4. The Hall–Kier alpha value is -2.02. The van der Waals surface area contributed by atoms with Crippen LogP contribution in [0.1, 0.15) is 16.1 Å². The van der Waals surface area contributed by atoms with Crippen molar-refractivity contribution in [2.45, 2.75) is 6.18 Å². The van der Waals surface area contributed by atoms with Crippen LogP contribution in [0.3, 0.4) is 0 Å². The van der Waals surface area contributed by atoms with Crippen LogP contribution in [0, 0.1) is 0 Å². The average molecular weight is 304 g/mol. The number of amides is 1. The van der Waals surface area contributed by atoms with E-state index in [-0.39, 0.29) is 5.69 Å². The average Bonchev–Trinajstić information content (AvgIpc) is 2.83. The highest BCUT2D eigenvalue weighted by Crippen LogP contribution is 2.33. The molecule has 0 radical (unpaired) electrons. The molecule has 4 nitrogen and oxygen atoms in total. The van der Waals surface area contributed by atoms with Crippen LogP contribution in [-0.2, 0) is 6.18 Å². The van der Waals surface area contributed by atoms with Crippen LogP contribution in [-0.4, -0.2) is 22.7 Å². The van der Waals surface area contributed by atoms with Gasteiger partial charge >= 0.3 is 6.18 Å². The second-order valence-corrected chi connectivity index (χ2v) is 4.31. The largest absolute Gasteiger partial charge is 0.434 e. The van der Waals surface area contributed by atoms with Crippen LogP contribution in [0.2, 0.25) is 5.02 Å². The molecule has 1 N–H and O–H groups in total. The Labute approximate surface area is 117 Å². The highest BCUT2D eigenvalue weighted by Gasteiger charge is 2.40. The van der Waals surface area contributed by atoms with Crippen LogP contribution in [0.5, 0.6) is 0 Å². The number of alkyl halides is 3. The summed E-state index contributed by atoms with van der Waals surface area (Å²) in [5.41, 5.74) is -1.49. The maximum absolute atomic E-state index is 13.1. The minimum Gasteiger partial charge on any atom is -0.355 e. The number of carbonyl (C=O) groups excluding carboxylic acids is 1. The Morgan fingerprint density at radius 1 is 1.30 bits per heavy atom. The van der Waals surface area contributed by atoms with E-state index in [4.69, 9.17) is 11.6 Å². The van der Waals surface area contributed by atoms with E-state index in [1.165, 1.54) is 31.3 Å². The molecule has 0 saturated carbocycles. The summed E-state index contributed by atoms with van der Waals surface area (Å²) < 4.78 is 40.1. The van der Waals surface area contributed by atoms with E-state index in [1.54, 1.807) is 0 Å². The van der Waals surface area contributed by atoms with Crippen LogP contribution >= 0.6 is 11.6 Å². The molecule has 0 fully saturated rings. The third-order valence-corrected chi connectivity index (χ3v) is 2.83. The Morgan fingerprint density at radius 3 is 2.40 bits per heavy atom. The molecule has 106 valence electrons. The van der Waals surface area contributed by atoms with Crippen LogP contribution < -0.4 is 5.32 Å². The van der Waals surface area contributed by atoms with Crippen LogP contribution in [0.15, 0.2) is 30.5 Å². The van der Waals surface area contributed by atoms with Crippen molar-refractivity contribution < 1.29 is 18.0 Å². The van der Waals surface area contributed by atoms with Gasteiger partial charge in [-0.05, 0) is 24.3 Å². The second-order valence-electron chi connectivity index (χ2n) is 3.87. The zero-order chi connectivity index (χ0) is 14.9. The standard InChI is InChI=1S/C12H9ClF3N3O/c1-17-11(20)9-6-18-19(10(9)12(14,15)16)8-4-2-7(13)3-5-8/h2-6H,1H3,(H,17,20). The molecule has 0 saturated heterocycles. The zero-order valence-electron chi connectivity index (χ0n) is 10.2. The first-order valence-electron chi connectivity index (χ1n) is 5.48. The number of aromatic nitrogens is 2. The van der Waals surface area contributed by atoms with Crippen molar-refractivity contribution in [1.29, 1.82) is 0 Å². The van der Waals surface area contributed by atoms with Crippen molar-refractivity contribution in [2.24, 2.45) is 0 Å². The lowest BCUT2D eigenvalue weighted by Crippen LogP contribution is -2.23. The molecule has 0 aliphatic heterocycles. The van der Waals surface area contributed by atoms with E-state index in [0.29, 0.717) is 9.70 Å². The lowest BCUT2D eigenvalue weighted by atomic mass is 10.2. The maximum atomic E-state index is 13.1.